The SMILES string of the molecule is Cc1occc1C(=O)Nc1cc(NC(=O)NCc2cccc(OCC(F)(F)F)c2)ccc1F. The summed E-state index contributed by atoms with van der Waals surface area (Å²) in [6, 6.07) is 10.3. The largest absolute Gasteiger partial charge is 0.484 e. The van der Waals surface area contributed by atoms with Crippen molar-refractivity contribution in [2.45, 2.75) is 19.6 Å². The third-order valence-electron chi connectivity index (χ3n) is 4.33. The van der Waals surface area contributed by atoms with Gasteiger partial charge in [-0.2, -0.15) is 13.2 Å². The lowest BCUT2D eigenvalue weighted by molar-refractivity contribution is -0.153. The van der Waals surface area contributed by atoms with Crippen molar-refractivity contribution in [2.75, 3.05) is 17.2 Å². The number of anilines is 2. The Hall–Kier alpha value is -4.02. The Balaban J connectivity index is 1.57. The predicted octanol–water partition coefficient (Wildman–Crippen LogP) is 5.24. The highest BCUT2D eigenvalue weighted by atomic mass is 19.4. The zero-order chi connectivity index (χ0) is 24.0. The molecule has 3 N–H and O–H groups in total. The van der Waals surface area contributed by atoms with Gasteiger partial charge in [-0.15, -0.1) is 0 Å². The normalized spacial score (nSPS) is 11.1. The first-order valence-corrected chi connectivity index (χ1v) is 9.59. The van der Waals surface area contributed by atoms with Gasteiger partial charge in [0.2, 0.25) is 0 Å². The lowest BCUT2D eigenvalue weighted by atomic mass is 10.2. The Kier molecular flexibility index (Phi) is 7.21. The molecule has 0 atom stereocenters. The molecule has 33 heavy (non-hydrogen) atoms. The van der Waals surface area contributed by atoms with E-state index < -0.39 is 30.5 Å². The second-order valence-corrected chi connectivity index (χ2v) is 6.90. The molecule has 0 aliphatic heterocycles. The first kappa shape index (κ1) is 23.6. The van der Waals surface area contributed by atoms with Gasteiger partial charge in [-0.1, -0.05) is 12.1 Å². The van der Waals surface area contributed by atoms with E-state index in [9.17, 15) is 27.2 Å². The molecule has 0 saturated heterocycles. The van der Waals surface area contributed by atoms with Crippen LogP contribution in [0.2, 0.25) is 0 Å². The Bertz CT molecular complexity index is 1140. The van der Waals surface area contributed by atoms with Crippen LogP contribution in [0.5, 0.6) is 5.75 Å². The van der Waals surface area contributed by atoms with Gasteiger partial charge >= 0.3 is 12.2 Å². The lowest BCUT2D eigenvalue weighted by Crippen LogP contribution is -2.28. The van der Waals surface area contributed by atoms with E-state index in [0.29, 0.717) is 11.3 Å². The van der Waals surface area contributed by atoms with Crippen LogP contribution in [0.15, 0.2) is 59.2 Å². The maximum atomic E-state index is 14.1. The van der Waals surface area contributed by atoms with Crippen LogP contribution in [0.1, 0.15) is 21.7 Å². The third-order valence-corrected chi connectivity index (χ3v) is 4.33. The monoisotopic (exact) mass is 465 g/mol. The molecular formula is C22H19F4N3O4. The Morgan fingerprint density at radius 3 is 2.55 bits per heavy atom. The minimum Gasteiger partial charge on any atom is -0.484 e. The minimum absolute atomic E-state index is 0.000392. The molecule has 11 heteroatoms. The van der Waals surface area contributed by atoms with Crippen molar-refractivity contribution in [1.29, 1.82) is 0 Å². The van der Waals surface area contributed by atoms with E-state index >= 15 is 0 Å². The van der Waals surface area contributed by atoms with Crippen LogP contribution in [0, 0.1) is 12.7 Å². The van der Waals surface area contributed by atoms with Crippen molar-refractivity contribution in [2.24, 2.45) is 0 Å². The van der Waals surface area contributed by atoms with E-state index in [1.54, 1.807) is 13.0 Å². The first-order chi connectivity index (χ1) is 15.6. The number of carbonyl (C=O) groups is 2. The molecule has 0 aliphatic rings. The highest BCUT2D eigenvalue weighted by Crippen LogP contribution is 2.22. The smallest absolute Gasteiger partial charge is 0.422 e. The van der Waals surface area contributed by atoms with Gasteiger partial charge in [0.1, 0.15) is 17.3 Å². The van der Waals surface area contributed by atoms with Gasteiger partial charge in [0, 0.05) is 12.2 Å². The van der Waals surface area contributed by atoms with Crippen LogP contribution in [0.4, 0.5) is 33.7 Å². The molecule has 3 aromatic rings. The van der Waals surface area contributed by atoms with Gasteiger partial charge in [-0.05, 0) is 48.9 Å². The van der Waals surface area contributed by atoms with E-state index in [2.05, 4.69) is 20.7 Å². The fourth-order valence-corrected chi connectivity index (χ4v) is 2.78. The van der Waals surface area contributed by atoms with Gasteiger partial charge in [-0.3, -0.25) is 4.79 Å². The van der Waals surface area contributed by atoms with Gasteiger partial charge < -0.3 is 25.1 Å². The molecule has 3 amide bonds. The number of halogens is 4. The highest BCUT2D eigenvalue weighted by Gasteiger charge is 2.28. The Labute approximate surface area is 185 Å². The zero-order valence-electron chi connectivity index (χ0n) is 17.3. The lowest BCUT2D eigenvalue weighted by Gasteiger charge is -2.12. The fourth-order valence-electron chi connectivity index (χ4n) is 2.78. The van der Waals surface area contributed by atoms with E-state index in [4.69, 9.17) is 4.42 Å². The molecule has 3 rings (SSSR count). The number of ether oxygens (including phenoxy) is 1. The second-order valence-electron chi connectivity index (χ2n) is 6.90. The minimum atomic E-state index is -4.46. The molecule has 7 nitrogen and oxygen atoms in total. The summed E-state index contributed by atoms with van der Waals surface area (Å²) < 4.78 is 60.7. The number of urea groups is 1. The van der Waals surface area contributed by atoms with Crippen molar-refractivity contribution in [1.82, 2.24) is 5.32 Å². The van der Waals surface area contributed by atoms with Crippen LogP contribution < -0.4 is 20.7 Å². The van der Waals surface area contributed by atoms with Crippen molar-refractivity contribution >= 4 is 23.3 Å². The van der Waals surface area contributed by atoms with Crippen LogP contribution >= 0.6 is 0 Å². The molecule has 0 aliphatic carbocycles. The summed E-state index contributed by atoms with van der Waals surface area (Å²) in [6.45, 7) is 0.166. The quantitative estimate of drug-likeness (QED) is 0.416. The summed E-state index contributed by atoms with van der Waals surface area (Å²) in [6.07, 6.45) is -3.12. The zero-order valence-corrected chi connectivity index (χ0v) is 17.3. The number of hydrogen-bond acceptors (Lipinski definition) is 4. The Morgan fingerprint density at radius 2 is 1.85 bits per heavy atom. The van der Waals surface area contributed by atoms with Crippen LogP contribution in [0.3, 0.4) is 0 Å². The second kappa shape index (κ2) is 10.1. The molecular weight excluding hydrogens is 446 g/mol. The number of alkyl halides is 3. The fraction of sp³-hybridized carbons (Fsp3) is 0.182. The molecule has 0 bridgehead atoms. The summed E-state index contributed by atoms with van der Waals surface area (Å²) in [5.74, 6) is -0.895. The average molecular weight is 465 g/mol. The van der Waals surface area contributed by atoms with E-state index in [1.807, 2.05) is 0 Å². The summed E-state index contributed by atoms with van der Waals surface area (Å²) in [5.41, 5.74) is 0.808. The molecule has 1 aromatic heterocycles. The van der Waals surface area contributed by atoms with Crippen molar-refractivity contribution in [3.63, 3.8) is 0 Å². The average Bonchev–Trinajstić information content (AvgIpc) is 3.19. The van der Waals surface area contributed by atoms with E-state index in [1.165, 1.54) is 42.7 Å². The van der Waals surface area contributed by atoms with E-state index in [-0.39, 0.29) is 29.2 Å². The molecule has 2 aromatic carbocycles. The summed E-state index contributed by atoms with van der Waals surface area (Å²) >= 11 is 0. The summed E-state index contributed by atoms with van der Waals surface area (Å²) in [5, 5.41) is 7.44. The number of benzene rings is 2. The number of hydrogen-bond donors (Lipinski definition) is 3. The maximum absolute atomic E-state index is 14.1. The van der Waals surface area contributed by atoms with Crippen molar-refractivity contribution in [3.8, 4) is 5.75 Å². The number of nitrogens with one attached hydrogen (secondary N) is 3. The van der Waals surface area contributed by atoms with Crippen LogP contribution in [-0.2, 0) is 6.54 Å². The Morgan fingerprint density at radius 1 is 1.06 bits per heavy atom. The summed E-state index contributed by atoms with van der Waals surface area (Å²) in [7, 11) is 0. The van der Waals surface area contributed by atoms with Crippen molar-refractivity contribution < 1.29 is 36.3 Å². The highest BCUT2D eigenvalue weighted by molar-refractivity contribution is 6.05. The number of amides is 3. The molecule has 0 radical (unpaired) electrons. The standard InChI is InChI=1S/C22H19F4N3O4/c1-13-17(7-8-32-13)20(30)29-19-10-15(5-6-18(19)23)28-21(31)27-11-14-3-2-4-16(9-14)33-12-22(24,25)26/h2-10H,11-12H2,1H3,(H,29,30)(H2,27,28,31). The number of furan rings is 1. The topological polar surface area (TPSA) is 92.6 Å². The van der Waals surface area contributed by atoms with Crippen molar-refractivity contribution in [3.05, 3.63) is 77.5 Å². The number of carbonyl (C=O) groups excluding carboxylic acids is 2. The molecule has 0 saturated carbocycles. The molecule has 0 unspecified atom stereocenters. The predicted molar refractivity (Wildman–Crippen MR) is 112 cm³/mol. The number of aryl methyl sites for hydroxylation is 1. The van der Waals surface area contributed by atoms with Crippen LogP contribution in [-0.4, -0.2) is 24.7 Å². The molecule has 0 spiro atoms. The third kappa shape index (κ3) is 6.99. The van der Waals surface area contributed by atoms with E-state index in [0.717, 1.165) is 6.07 Å². The summed E-state index contributed by atoms with van der Waals surface area (Å²) in [4.78, 5) is 24.4. The molecule has 174 valence electrons. The maximum Gasteiger partial charge on any atom is 0.422 e. The molecule has 0 fully saturated rings. The van der Waals surface area contributed by atoms with Gasteiger partial charge in [0.05, 0.1) is 17.5 Å². The van der Waals surface area contributed by atoms with Crippen LogP contribution in [0.25, 0.3) is 0 Å². The van der Waals surface area contributed by atoms with Gasteiger partial charge in [0.25, 0.3) is 5.91 Å². The van der Waals surface area contributed by atoms with Gasteiger partial charge in [-0.25, -0.2) is 9.18 Å². The molecule has 1 heterocycles. The first-order valence-electron chi connectivity index (χ1n) is 9.59. The van der Waals surface area contributed by atoms with Gasteiger partial charge in [0.15, 0.2) is 6.61 Å². The number of rotatable bonds is 7.